The molecule has 1 aromatic carbocycles. The zero-order valence-corrected chi connectivity index (χ0v) is 11.7. The minimum absolute atomic E-state index is 0.0499. The van der Waals surface area contributed by atoms with Gasteiger partial charge in [0.05, 0.1) is 0 Å². The van der Waals surface area contributed by atoms with Gasteiger partial charge in [-0.1, -0.05) is 12.1 Å². The van der Waals surface area contributed by atoms with Crippen LogP contribution in [0.15, 0.2) is 41.0 Å². The molecule has 106 valence electrons. The van der Waals surface area contributed by atoms with E-state index in [2.05, 4.69) is 26.2 Å². The van der Waals surface area contributed by atoms with Crippen molar-refractivity contribution in [2.24, 2.45) is 4.99 Å². The molecule has 20 heavy (non-hydrogen) atoms. The lowest BCUT2D eigenvalue weighted by Crippen LogP contribution is -2.38. The fourth-order valence-corrected chi connectivity index (χ4v) is 1.96. The lowest BCUT2D eigenvalue weighted by atomic mass is 10.2. The molecule has 0 spiro atoms. The van der Waals surface area contributed by atoms with Crippen LogP contribution in [0.2, 0.25) is 0 Å². The molecule has 2 rings (SSSR count). The number of halogens is 2. The Hall–Kier alpha value is -1.77. The zero-order chi connectivity index (χ0) is 14.7. The fourth-order valence-electron chi connectivity index (χ4n) is 1.56. The highest BCUT2D eigenvalue weighted by molar-refractivity contribution is 9.18. The van der Waals surface area contributed by atoms with Crippen LogP contribution in [0.4, 0.5) is 4.39 Å². The maximum Gasteiger partial charge on any atom is 0.270 e. The number of amidine groups is 1. The van der Waals surface area contributed by atoms with E-state index >= 15 is 0 Å². The molecule has 0 radical (unpaired) electrons. The van der Waals surface area contributed by atoms with Crippen LogP contribution in [0.5, 0.6) is 0 Å². The van der Waals surface area contributed by atoms with Crippen molar-refractivity contribution in [1.29, 1.82) is 0 Å². The molecule has 0 aromatic heterocycles. The number of rotatable bonds is 3. The number of hydrogen-bond donors (Lipinski definition) is 3. The van der Waals surface area contributed by atoms with E-state index in [1.807, 2.05) is 0 Å². The predicted molar refractivity (Wildman–Crippen MR) is 72.3 cm³/mol. The molecular weight excluding hydrogens is 333 g/mol. The Bertz CT molecular complexity index is 591. The van der Waals surface area contributed by atoms with Crippen molar-refractivity contribution in [3.05, 3.63) is 47.4 Å². The van der Waals surface area contributed by atoms with Gasteiger partial charge >= 0.3 is 0 Å². The highest BCUT2D eigenvalue weighted by Gasteiger charge is 2.23. The molecule has 1 atom stereocenters. The number of aliphatic hydroxyl groups is 1. The van der Waals surface area contributed by atoms with Gasteiger partial charge in [-0.3, -0.25) is 10.0 Å². The third-order valence-corrected chi connectivity index (χ3v) is 3.07. The average molecular weight is 344 g/mol. The maximum atomic E-state index is 13.0. The third-order valence-electron chi connectivity index (χ3n) is 2.53. The summed E-state index contributed by atoms with van der Waals surface area (Å²) in [4.78, 5) is 15.6. The number of nitrogens with zero attached hydrogens (tertiary/aromatic N) is 2. The van der Waals surface area contributed by atoms with Crippen molar-refractivity contribution in [2.75, 3.05) is 0 Å². The summed E-state index contributed by atoms with van der Waals surface area (Å²) in [6.07, 6.45) is -0.275. The molecule has 8 heteroatoms. The van der Waals surface area contributed by atoms with E-state index in [0.717, 1.165) is 6.08 Å². The van der Waals surface area contributed by atoms with Gasteiger partial charge in [0.15, 0.2) is 11.0 Å². The number of amides is 1. The van der Waals surface area contributed by atoms with E-state index in [9.17, 15) is 19.5 Å². The van der Waals surface area contributed by atoms with Gasteiger partial charge in [-0.15, -0.1) is 0 Å². The second kappa shape index (κ2) is 6.12. The molecule has 1 amide bonds. The van der Waals surface area contributed by atoms with Crippen LogP contribution in [-0.4, -0.2) is 32.3 Å². The number of aliphatic imine (C=N–C) groups is 1. The van der Waals surface area contributed by atoms with Crippen LogP contribution >= 0.6 is 15.9 Å². The normalized spacial score (nSPS) is 18.4. The van der Waals surface area contributed by atoms with Crippen LogP contribution in [-0.2, 0) is 11.3 Å². The molecule has 0 aliphatic carbocycles. The van der Waals surface area contributed by atoms with Crippen LogP contribution in [0.3, 0.4) is 0 Å². The zero-order valence-electron chi connectivity index (χ0n) is 10.1. The Morgan fingerprint density at radius 3 is 2.95 bits per heavy atom. The smallest absolute Gasteiger partial charge is 0.270 e. The molecule has 1 aliphatic heterocycles. The second-order valence-electron chi connectivity index (χ2n) is 4.00. The Morgan fingerprint density at radius 2 is 2.30 bits per heavy atom. The molecule has 6 nitrogen and oxygen atoms in total. The first kappa shape index (κ1) is 14.6. The summed E-state index contributed by atoms with van der Waals surface area (Å²) in [6.45, 7) is 0.125. The van der Waals surface area contributed by atoms with Gasteiger partial charge < -0.3 is 10.4 Å². The summed E-state index contributed by atoms with van der Waals surface area (Å²) in [5.41, 5.74) is 0.549. The number of aliphatic hydroxyl groups excluding tert-OH is 1. The summed E-state index contributed by atoms with van der Waals surface area (Å²) >= 11 is 2.90. The highest BCUT2D eigenvalue weighted by atomic mass is 79.9. The molecule has 0 fully saturated rings. The molecular formula is C12H11BrFN3O3. The lowest BCUT2D eigenvalue weighted by molar-refractivity contribution is -0.121. The molecule has 1 heterocycles. The molecule has 1 aromatic rings. The topological polar surface area (TPSA) is 85.2 Å². The number of carbonyl (C=O) groups excluding carboxylic acids is 1. The van der Waals surface area contributed by atoms with E-state index in [1.165, 1.54) is 12.1 Å². The first-order chi connectivity index (χ1) is 9.47. The number of hydroxylamine groups is 2. The number of benzene rings is 1. The van der Waals surface area contributed by atoms with Crippen LogP contribution < -0.4 is 5.32 Å². The van der Waals surface area contributed by atoms with Crippen LogP contribution in [0.1, 0.15) is 5.56 Å². The minimum Gasteiger partial charge on any atom is -0.368 e. The van der Waals surface area contributed by atoms with Crippen LogP contribution in [0, 0.1) is 5.82 Å². The maximum absolute atomic E-state index is 13.0. The summed E-state index contributed by atoms with van der Waals surface area (Å²) in [5, 5.41) is 21.7. The van der Waals surface area contributed by atoms with Gasteiger partial charge in [0.2, 0.25) is 0 Å². The number of carbonyl (C=O) groups is 1. The van der Waals surface area contributed by atoms with Gasteiger partial charge in [-0.25, -0.2) is 9.38 Å². The number of hydrogen-bond acceptors (Lipinski definition) is 5. The van der Waals surface area contributed by atoms with Crippen molar-refractivity contribution in [2.45, 2.75) is 12.8 Å². The fraction of sp³-hybridized carbons (Fsp3) is 0.167. The Morgan fingerprint density at radius 1 is 1.55 bits per heavy atom. The molecule has 1 unspecified atom stereocenters. The van der Waals surface area contributed by atoms with E-state index < -0.39 is 12.1 Å². The monoisotopic (exact) mass is 343 g/mol. The SMILES string of the molecule is O=C(NCc1cccc(F)c1)C1=CC(O)N(O)C(Br)=N1. The standard InChI is InChI=1S/C12H11BrFN3O3/c13-12-16-9(5-10(18)17(12)20)11(19)15-6-7-2-1-3-8(14)4-7/h1-5,10,18,20H,6H2,(H,15,19). The first-order valence-electron chi connectivity index (χ1n) is 5.62. The van der Waals surface area contributed by atoms with Crippen molar-refractivity contribution >= 4 is 26.6 Å². The van der Waals surface area contributed by atoms with E-state index in [4.69, 9.17) is 0 Å². The van der Waals surface area contributed by atoms with Crippen LogP contribution in [0.25, 0.3) is 0 Å². The predicted octanol–water partition coefficient (Wildman–Crippen LogP) is 1.10. The van der Waals surface area contributed by atoms with Gasteiger partial charge in [-0.2, -0.15) is 5.06 Å². The summed E-state index contributed by atoms with van der Waals surface area (Å²) in [6, 6.07) is 5.82. The van der Waals surface area contributed by atoms with Gasteiger partial charge in [0, 0.05) is 6.54 Å². The van der Waals surface area contributed by atoms with E-state index in [-0.39, 0.29) is 22.8 Å². The van der Waals surface area contributed by atoms with Crippen molar-refractivity contribution in [3.8, 4) is 0 Å². The minimum atomic E-state index is -1.36. The first-order valence-corrected chi connectivity index (χ1v) is 6.41. The Kier molecular flexibility index (Phi) is 4.48. The second-order valence-corrected chi connectivity index (χ2v) is 4.71. The van der Waals surface area contributed by atoms with E-state index in [1.54, 1.807) is 12.1 Å². The Balaban J connectivity index is 2.01. The quantitative estimate of drug-likeness (QED) is 0.717. The van der Waals surface area contributed by atoms with Gasteiger partial charge in [0.1, 0.15) is 11.5 Å². The van der Waals surface area contributed by atoms with Crippen molar-refractivity contribution in [3.63, 3.8) is 0 Å². The lowest BCUT2D eigenvalue weighted by Gasteiger charge is -2.23. The summed E-state index contributed by atoms with van der Waals surface area (Å²) in [7, 11) is 0. The molecule has 1 aliphatic rings. The molecule has 3 N–H and O–H groups in total. The summed E-state index contributed by atoms with van der Waals surface area (Å²) < 4.78 is 12.9. The van der Waals surface area contributed by atoms with Gasteiger partial charge in [0.25, 0.3) is 5.91 Å². The molecule has 0 bridgehead atoms. The highest BCUT2D eigenvalue weighted by Crippen LogP contribution is 2.14. The van der Waals surface area contributed by atoms with Crippen molar-refractivity contribution in [1.82, 2.24) is 10.4 Å². The summed E-state index contributed by atoms with van der Waals surface area (Å²) in [5.74, 6) is -0.931. The van der Waals surface area contributed by atoms with Crippen molar-refractivity contribution < 1.29 is 19.5 Å². The molecule has 0 saturated carbocycles. The van der Waals surface area contributed by atoms with Gasteiger partial charge in [-0.05, 0) is 39.7 Å². The average Bonchev–Trinajstić information content (AvgIpc) is 2.41. The molecule has 0 saturated heterocycles. The largest absolute Gasteiger partial charge is 0.368 e. The van der Waals surface area contributed by atoms with E-state index in [0.29, 0.717) is 10.6 Å². The third kappa shape index (κ3) is 3.41. The number of nitrogens with one attached hydrogen (secondary N) is 1. The Labute approximate surface area is 122 Å².